The molecular formula is C18H13FN4O2. The number of carbonyl (C=O) groups excluding carboxylic acids is 1. The van der Waals surface area contributed by atoms with Crippen LogP contribution in [0.4, 0.5) is 15.8 Å². The van der Waals surface area contributed by atoms with Gasteiger partial charge in [0.05, 0.1) is 18.4 Å². The second-order valence-corrected chi connectivity index (χ2v) is 5.29. The number of ether oxygens (including phenoxy) is 1. The van der Waals surface area contributed by atoms with Gasteiger partial charge in [-0.15, -0.1) is 0 Å². The molecule has 25 heavy (non-hydrogen) atoms. The Hall–Kier alpha value is -3.53. The van der Waals surface area contributed by atoms with Gasteiger partial charge in [-0.25, -0.2) is 19.2 Å². The molecule has 0 aliphatic rings. The number of methoxy groups -OCH3 is 1. The van der Waals surface area contributed by atoms with Crippen molar-refractivity contribution in [3.05, 3.63) is 59.2 Å². The van der Waals surface area contributed by atoms with Gasteiger partial charge >= 0.3 is 5.97 Å². The average molecular weight is 336 g/mol. The van der Waals surface area contributed by atoms with Crippen LogP contribution in [0.25, 0.3) is 11.0 Å². The van der Waals surface area contributed by atoms with Gasteiger partial charge in [0.1, 0.15) is 17.4 Å². The number of anilines is 2. The number of pyridine rings is 2. The Labute approximate surface area is 142 Å². The number of aryl methyl sites for hydroxylation is 1. The molecule has 0 fully saturated rings. The summed E-state index contributed by atoms with van der Waals surface area (Å²) in [5.41, 5.74) is 2.24. The van der Waals surface area contributed by atoms with Crippen LogP contribution in [0.5, 0.6) is 0 Å². The third-order valence-electron chi connectivity index (χ3n) is 3.63. The van der Waals surface area contributed by atoms with Gasteiger partial charge in [-0.1, -0.05) is 0 Å². The largest absolute Gasteiger partial charge is 0.465 e. The molecule has 0 aliphatic carbocycles. The average Bonchev–Trinajstić information content (AvgIpc) is 2.62. The van der Waals surface area contributed by atoms with Gasteiger partial charge in [0.25, 0.3) is 0 Å². The Morgan fingerprint density at radius 3 is 2.84 bits per heavy atom. The zero-order valence-corrected chi connectivity index (χ0v) is 13.5. The van der Waals surface area contributed by atoms with Crippen molar-refractivity contribution >= 4 is 28.4 Å². The fourth-order valence-electron chi connectivity index (χ4n) is 2.40. The van der Waals surface area contributed by atoms with Crippen molar-refractivity contribution in [3.63, 3.8) is 0 Å². The number of hydrogen-bond donors (Lipinski definition) is 1. The van der Waals surface area contributed by atoms with Crippen molar-refractivity contribution in [1.82, 2.24) is 9.97 Å². The number of nitriles is 1. The number of fused-ring (bicyclic) bond motifs is 1. The van der Waals surface area contributed by atoms with E-state index in [-0.39, 0.29) is 11.1 Å². The molecule has 3 aromatic rings. The maximum atomic E-state index is 13.5. The first-order chi connectivity index (χ1) is 12.0. The standard InChI is InChI=1S/C18H13FN4O2/c1-10-3-5-13-16(14(18(24)25-2)9-21-17(13)22-10)23-12-4-6-15(19)11(7-12)8-20/h3-7,9H,1-2H3,(H,21,22,23). The summed E-state index contributed by atoms with van der Waals surface area (Å²) in [7, 11) is 1.27. The first-order valence-corrected chi connectivity index (χ1v) is 7.35. The lowest BCUT2D eigenvalue weighted by atomic mass is 10.1. The van der Waals surface area contributed by atoms with Crippen molar-refractivity contribution in [3.8, 4) is 6.07 Å². The highest BCUT2D eigenvalue weighted by atomic mass is 19.1. The lowest BCUT2D eigenvalue weighted by molar-refractivity contribution is 0.0601. The van der Waals surface area contributed by atoms with Gasteiger partial charge in [-0.2, -0.15) is 5.26 Å². The zero-order valence-electron chi connectivity index (χ0n) is 13.5. The van der Waals surface area contributed by atoms with Crippen molar-refractivity contribution in [2.75, 3.05) is 12.4 Å². The number of halogens is 1. The number of aromatic nitrogens is 2. The number of nitrogens with zero attached hydrogens (tertiary/aromatic N) is 3. The highest BCUT2D eigenvalue weighted by Crippen LogP contribution is 2.29. The molecule has 1 aromatic carbocycles. The van der Waals surface area contributed by atoms with E-state index in [0.29, 0.717) is 22.4 Å². The fraction of sp³-hybridized carbons (Fsp3) is 0.111. The Balaban J connectivity index is 2.18. The highest BCUT2D eigenvalue weighted by molar-refractivity contribution is 6.05. The van der Waals surface area contributed by atoms with Crippen LogP contribution in [0.3, 0.4) is 0 Å². The molecule has 1 N–H and O–H groups in total. The maximum absolute atomic E-state index is 13.5. The van der Waals surface area contributed by atoms with Crippen LogP contribution in [-0.2, 0) is 4.74 Å². The van der Waals surface area contributed by atoms with E-state index in [0.717, 1.165) is 5.69 Å². The molecule has 0 amide bonds. The van der Waals surface area contributed by atoms with Crippen LogP contribution >= 0.6 is 0 Å². The quantitative estimate of drug-likeness (QED) is 0.737. The first-order valence-electron chi connectivity index (χ1n) is 7.35. The normalized spacial score (nSPS) is 10.3. The molecule has 0 unspecified atom stereocenters. The molecule has 0 saturated carbocycles. The predicted octanol–water partition coefficient (Wildman–Crippen LogP) is 3.48. The smallest absolute Gasteiger partial charge is 0.341 e. The minimum Gasteiger partial charge on any atom is -0.465 e. The summed E-state index contributed by atoms with van der Waals surface area (Å²) < 4.78 is 18.3. The van der Waals surface area contributed by atoms with Crippen molar-refractivity contribution in [2.45, 2.75) is 6.92 Å². The zero-order chi connectivity index (χ0) is 18.0. The number of benzene rings is 1. The molecule has 0 bridgehead atoms. The molecule has 124 valence electrons. The minimum absolute atomic E-state index is 0.100. The summed E-state index contributed by atoms with van der Waals surface area (Å²) in [6.07, 6.45) is 1.37. The first kappa shape index (κ1) is 16.3. The highest BCUT2D eigenvalue weighted by Gasteiger charge is 2.17. The summed E-state index contributed by atoms with van der Waals surface area (Å²) in [4.78, 5) is 20.6. The Kier molecular flexibility index (Phi) is 4.27. The Morgan fingerprint density at radius 1 is 1.32 bits per heavy atom. The molecule has 2 heterocycles. The molecule has 0 spiro atoms. The Morgan fingerprint density at radius 2 is 2.12 bits per heavy atom. The summed E-state index contributed by atoms with van der Waals surface area (Å²) in [6.45, 7) is 1.83. The Bertz CT molecular complexity index is 1030. The van der Waals surface area contributed by atoms with Crippen molar-refractivity contribution in [1.29, 1.82) is 5.26 Å². The summed E-state index contributed by atoms with van der Waals surface area (Å²) in [5, 5.41) is 12.6. The number of esters is 1. The van der Waals surface area contributed by atoms with E-state index in [1.165, 1.54) is 31.5 Å². The molecule has 2 aromatic heterocycles. The second-order valence-electron chi connectivity index (χ2n) is 5.29. The minimum atomic E-state index is -0.613. The van der Waals surface area contributed by atoms with Gasteiger partial charge in [-0.05, 0) is 37.3 Å². The number of rotatable bonds is 3. The van der Waals surface area contributed by atoms with Gasteiger partial charge in [-0.3, -0.25) is 0 Å². The molecule has 6 nitrogen and oxygen atoms in total. The lowest BCUT2D eigenvalue weighted by Gasteiger charge is -2.14. The molecule has 0 aliphatic heterocycles. The van der Waals surface area contributed by atoms with Gasteiger partial charge in [0.2, 0.25) is 0 Å². The second kappa shape index (κ2) is 6.53. The van der Waals surface area contributed by atoms with Crippen LogP contribution in [0.15, 0.2) is 36.5 Å². The number of carbonyl (C=O) groups is 1. The van der Waals surface area contributed by atoms with E-state index >= 15 is 0 Å². The SMILES string of the molecule is COC(=O)c1cnc2nc(C)ccc2c1Nc1ccc(F)c(C#N)c1. The monoisotopic (exact) mass is 336 g/mol. The van der Waals surface area contributed by atoms with E-state index in [1.807, 2.05) is 6.92 Å². The third-order valence-corrected chi connectivity index (χ3v) is 3.63. The van der Waals surface area contributed by atoms with E-state index in [4.69, 9.17) is 10.00 Å². The van der Waals surface area contributed by atoms with Crippen LogP contribution in [0.2, 0.25) is 0 Å². The summed E-state index contributed by atoms with van der Waals surface area (Å²) in [5.74, 6) is -1.18. The third kappa shape index (κ3) is 3.10. The topological polar surface area (TPSA) is 87.9 Å². The lowest BCUT2D eigenvalue weighted by Crippen LogP contribution is -2.08. The van der Waals surface area contributed by atoms with Crippen LogP contribution in [0.1, 0.15) is 21.6 Å². The fourth-order valence-corrected chi connectivity index (χ4v) is 2.40. The van der Waals surface area contributed by atoms with Gasteiger partial charge < -0.3 is 10.1 Å². The molecule has 7 heteroatoms. The molecular weight excluding hydrogens is 323 g/mol. The van der Waals surface area contributed by atoms with E-state index in [2.05, 4.69) is 15.3 Å². The number of nitrogens with one attached hydrogen (secondary N) is 1. The maximum Gasteiger partial charge on any atom is 0.341 e. The van der Waals surface area contributed by atoms with Gasteiger partial charge in [0, 0.05) is 23.0 Å². The molecule has 3 rings (SSSR count). The van der Waals surface area contributed by atoms with Crippen molar-refractivity contribution in [2.24, 2.45) is 0 Å². The summed E-state index contributed by atoms with van der Waals surface area (Å²) >= 11 is 0. The summed E-state index contributed by atoms with van der Waals surface area (Å²) in [6, 6.07) is 9.39. The molecule has 0 radical (unpaired) electrons. The van der Waals surface area contributed by atoms with Crippen LogP contribution in [-0.4, -0.2) is 23.0 Å². The van der Waals surface area contributed by atoms with Crippen molar-refractivity contribution < 1.29 is 13.9 Å². The number of hydrogen-bond acceptors (Lipinski definition) is 6. The van der Waals surface area contributed by atoms with E-state index in [9.17, 15) is 9.18 Å². The van der Waals surface area contributed by atoms with Crippen LogP contribution in [0, 0.1) is 24.1 Å². The molecule has 0 atom stereocenters. The van der Waals surface area contributed by atoms with Crippen LogP contribution < -0.4 is 5.32 Å². The molecule has 0 saturated heterocycles. The van der Waals surface area contributed by atoms with E-state index in [1.54, 1.807) is 18.2 Å². The predicted molar refractivity (Wildman–Crippen MR) is 90.0 cm³/mol. The van der Waals surface area contributed by atoms with Gasteiger partial charge in [0.15, 0.2) is 5.65 Å². The van der Waals surface area contributed by atoms with E-state index < -0.39 is 11.8 Å².